The molecular formula is C30H29ClN4O2S. The second-order valence-corrected chi connectivity index (χ2v) is 10.6. The van der Waals surface area contributed by atoms with Gasteiger partial charge in [0.1, 0.15) is 17.6 Å². The molecule has 5 rings (SSSR count). The third-order valence-electron chi connectivity index (χ3n) is 6.74. The van der Waals surface area contributed by atoms with Crippen LogP contribution in [0, 0.1) is 19.8 Å². The van der Waals surface area contributed by atoms with Gasteiger partial charge >= 0.3 is 0 Å². The van der Waals surface area contributed by atoms with Gasteiger partial charge in [0, 0.05) is 34.1 Å². The molecule has 2 atom stereocenters. The standard InChI is InChI=1S/C30H29ClN4O2S/c1-17(2)29(36)33-23-11-10-21(15-19(23)4)35-28(27(34-30(35)38)24-7-5-6-14-32-24)26-13-12-25(37-26)20-9-8-18(3)22(31)16-20/h5-17,27-28H,1-4H3,(H,33,36)(H,34,38)/t27-,28+/m1/s1. The topological polar surface area (TPSA) is 70.4 Å². The molecule has 1 aliphatic rings. The number of furan rings is 1. The van der Waals surface area contributed by atoms with Crippen molar-refractivity contribution in [3.05, 3.63) is 101 Å². The minimum atomic E-state index is -0.289. The second kappa shape index (κ2) is 10.6. The van der Waals surface area contributed by atoms with Crippen LogP contribution in [0.5, 0.6) is 0 Å². The summed E-state index contributed by atoms with van der Waals surface area (Å²) < 4.78 is 6.45. The van der Waals surface area contributed by atoms with Gasteiger partial charge in [-0.1, -0.05) is 43.6 Å². The molecule has 2 aromatic carbocycles. The lowest BCUT2D eigenvalue weighted by Gasteiger charge is -2.27. The van der Waals surface area contributed by atoms with E-state index in [1.54, 1.807) is 6.20 Å². The average molecular weight is 545 g/mol. The normalized spacial score (nSPS) is 17.1. The second-order valence-electron chi connectivity index (χ2n) is 9.81. The number of anilines is 2. The molecule has 38 heavy (non-hydrogen) atoms. The number of aryl methyl sites for hydroxylation is 2. The molecule has 4 aromatic rings. The Morgan fingerprint density at radius 1 is 1.08 bits per heavy atom. The summed E-state index contributed by atoms with van der Waals surface area (Å²) in [4.78, 5) is 18.9. The fourth-order valence-electron chi connectivity index (χ4n) is 4.55. The number of carbonyl (C=O) groups excluding carboxylic acids is 1. The van der Waals surface area contributed by atoms with Gasteiger partial charge in [-0.15, -0.1) is 0 Å². The molecule has 0 spiro atoms. The van der Waals surface area contributed by atoms with Crippen molar-refractivity contribution >= 4 is 46.2 Å². The Morgan fingerprint density at radius 2 is 1.89 bits per heavy atom. The fourth-order valence-corrected chi connectivity index (χ4v) is 5.08. The van der Waals surface area contributed by atoms with E-state index in [1.165, 1.54) is 0 Å². The quantitative estimate of drug-likeness (QED) is 0.247. The number of thiocarbonyl (C=S) groups is 1. The van der Waals surface area contributed by atoms with Gasteiger partial charge in [0.05, 0.1) is 11.7 Å². The van der Waals surface area contributed by atoms with Crippen LogP contribution in [0.4, 0.5) is 11.4 Å². The monoisotopic (exact) mass is 544 g/mol. The largest absolute Gasteiger partial charge is 0.459 e. The highest BCUT2D eigenvalue weighted by Gasteiger charge is 2.42. The summed E-state index contributed by atoms with van der Waals surface area (Å²) in [6.07, 6.45) is 1.78. The van der Waals surface area contributed by atoms with Gasteiger partial charge in [-0.25, -0.2) is 0 Å². The van der Waals surface area contributed by atoms with Crippen molar-refractivity contribution in [2.24, 2.45) is 5.92 Å². The van der Waals surface area contributed by atoms with Crippen molar-refractivity contribution < 1.29 is 9.21 Å². The Balaban J connectivity index is 1.55. The summed E-state index contributed by atoms with van der Waals surface area (Å²) in [7, 11) is 0. The molecule has 0 unspecified atom stereocenters. The maximum atomic E-state index is 12.3. The van der Waals surface area contributed by atoms with Crippen molar-refractivity contribution in [1.82, 2.24) is 10.3 Å². The van der Waals surface area contributed by atoms with E-state index in [2.05, 4.69) is 20.5 Å². The first-order valence-corrected chi connectivity index (χ1v) is 13.3. The molecule has 1 saturated heterocycles. The third-order valence-corrected chi connectivity index (χ3v) is 7.46. The molecule has 1 fully saturated rings. The van der Waals surface area contributed by atoms with E-state index >= 15 is 0 Å². The van der Waals surface area contributed by atoms with Crippen molar-refractivity contribution in [3.8, 4) is 11.3 Å². The minimum absolute atomic E-state index is 0.0216. The van der Waals surface area contributed by atoms with Gasteiger partial charge in [-0.3, -0.25) is 9.78 Å². The summed E-state index contributed by atoms with van der Waals surface area (Å²) in [6.45, 7) is 7.70. The first kappa shape index (κ1) is 25.9. The molecule has 0 radical (unpaired) electrons. The number of halogens is 1. The van der Waals surface area contributed by atoms with E-state index in [4.69, 9.17) is 28.2 Å². The number of hydrogen-bond donors (Lipinski definition) is 2. The lowest BCUT2D eigenvalue weighted by atomic mass is 10.0. The molecular weight excluding hydrogens is 516 g/mol. The van der Waals surface area contributed by atoms with E-state index in [9.17, 15) is 4.79 Å². The Labute approximate surface area is 233 Å². The predicted molar refractivity (Wildman–Crippen MR) is 156 cm³/mol. The van der Waals surface area contributed by atoms with Crippen molar-refractivity contribution in [2.45, 2.75) is 39.8 Å². The molecule has 1 amide bonds. The highest BCUT2D eigenvalue weighted by molar-refractivity contribution is 7.80. The SMILES string of the molecule is Cc1ccc(-c2ccc([C@H]3[C@@H](c4ccccn4)NC(=S)N3c3ccc(NC(=O)C(C)C)c(C)c3)o2)cc1Cl. The van der Waals surface area contributed by atoms with Gasteiger partial charge in [-0.2, -0.15) is 0 Å². The van der Waals surface area contributed by atoms with Crippen LogP contribution >= 0.6 is 23.8 Å². The molecule has 0 aliphatic carbocycles. The van der Waals surface area contributed by atoms with Crippen LogP contribution in [-0.4, -0.2) is 16.0 Å². The lowest BCUT2D eigenvalue weighted by molar-refractivity contribution is -0.118. The highest BCUT2D eigenvalue weighted by Crippen LogP contribution is 2.43. The van der Waals surface area contributed by atoms with Crippen molar-refractivity contribution in [3.63, 3.8) is 0 Å². The van der Waals surface area contributed by atoms with E-state index in [0.29, 0.717) is 10.1 Å². The van der Waals surface area contributed by atoms with E-state index in [1.807, 2.05) is 94.4 Å². The predicted octanol–water partition coefficient (Wildman–Crippen LogP) is 7.38. The molecule has 6 nitrogen and oxygen atoms in total. The Hall–Kier alpha value is -3.68. The molecule has 8 heteroatoms. The third kappa shape index (κ3) is 5.04. The lowest BCUT2D eigenvalue weighted by Crippen LogP contribution is -2.29. The molecule has 0 bridgehead atoms. The van der Waals surface area contributed by atoms with E-state index in [0.717, 1.165) is 45.3 Å². The number of nitrogens with one attached hydrogen (secondary N) is 2. The summed E-state index contributed by atoms with van der Waals surface area (Å²) in [6, 6.07) is 21.1. The zero-order chi connectivity index (χ0) is 27.0. The molecule has 2 N–H and O–H groups in total. The number of benzene rings is 2. The zero-order valence-corrected chi connectivity index (χ0v) is 23.2. The summed E-state index contributed by atoms with van der Waals surface area (Å²) in [5.41, 5.74) is 5.38. The van der Waals surface area contributed by atoms with Crippen LogP contribution < -0.4 is 15.5 Å². The van der Waals surface area contributed by atoms with Crippen LogP contribution in [0.1, 0.15) is 48.5 Å². The number of pyridine rings is 1. The maximum Gasteiger partial charge on any atom is 0.226 e. The summed E-state index contributed by atoms with van der Waals surface area (Å²) in [5, 5.41) is 7.72. The Morgan fingerprint density at radius 3 is 2.58 bits per heavy atom. The number of nitrogens with zero attached hydrogens (tertiary/aromatic N) is 2. The van der Waals surface area contributed by atoms with Gasteiger partial charge in [0.15, 0.2) is 5.11 Å². The fraction of sp³-hybridized carbons (Fsp3) is 0.233. The average Bonchev–Trinajstić information content (AvgIpc) is 3.52. The summed E-state index contributed by atoms with van der Waals surface area (Å²) in [5.74, 6) is 1.34. The van der Waals surface area contributed by atoms with Gasteiger partial charge in [0.25, 0.3) is 0 Å². The van der Waals surface area contributed by atoms with E-state index in [-0.39, 0.29) is 23.9 Å². The smallest absolute Gasteiger partial charge is 0.226 e. The molecule has 1 aliphatic heterocycles. The highest BCUT2D eigenvalue weighted by atomic mass is 35.5. The number of aromatic nitrogens is 1. The Bertz CT molecular complexity index is 1500. The first-order chi connectivity index (χ1) is 18.2. The number of carbonyl (C=O) groups is 1. The van der Waals surface area contributed by atoms with Crippen LogP contribution in [0.3, 0.4) is 0 Å². The summed E-state index contributed by atoms with van der Waals surface area (Å²) >= 11 is 12.2. The van der Waals surface area contributed by atoms with Crippen molar-refractivity contribution in [2.75, 3.05) is 10.2 Å². The van der Waals surface area contributed by atoms with Crippen LogP contribution in [0.15, 0.2) is 77.3 Å². The van der Waals surface area contributed by atoms with Crippen molar-refractivity contribution in [1.29, 1.82) is 0 Å². The van der Waals surface area contributed by atoms with Crippen LogP contribution in [0.2, 0.25) is 5.02 Å². The number of amides is 1. The Kier molecular flexibility index (Phi) is 7.23. The zero-order valence-electron chi connectivity index (χ0n) is 21.7. The van der Waals surface area contributed by atoms with Gasteiger partial charge < -0.3 is 20.0 Å². The minimum Gasteiger partial charge on any atom is -0.459 e. The number of hydrogen-bond acceptors (Lipinski definition) is 4. The maximum absolute atomic E-state index is 12.3. The van der Waals surface area contributed by atoms with Gasteiger partial charge in [0.2, 0.25) is 5.91 Å². The van der Waals surface area contributed by atoms with Gasteiger partial charge in [-0.05, 0) is 85.7 Å². The van der Waals surface area contributed by atoms with Crippen LogP contribution in [-0.2, 0) is 4.79 Å². The van der Waals surface area contributed by atoms with E-state index < -0.39 is 0 Å². The first-order valence-electron chi connectivity index (χ1n) is 12.5. The molecule has 2 aromatic heterocycles. The molecule has 0 saturated carbocycles. The molecule has 3 heterocycles. The molecule has 194 valence electrons. The van der Waals surface area contributed by atoms with Crippen LogP contribution in [0.25, 0.3) is 11.3 Å². The number of rotatable bonds is 6.